The summed E-state index contributed by atoms with van der Waals surface area (Å²) in [5.74, 6) is 6.24. The minimum absolute atomic E-state index is 0.0149. The first-order valence-corrected chi connectivity index (χ1v) is 7.86. The molecule has 24 heavy (non-hydrogen) atoms. The van der Waals surface area contributed by atoms with Gasteiger partial charge in [0, 0.05) is 5.56 Å². The first-order chi connectivity index (χ1) is 11.7. The molecule has 0 aromatic heterocycles. The summed E-state index contributed by atoms with van der Waals surface area (Å²) in [6.07, 6.45) is 6.57. The van der Waals surface area contributed by atoms with Crippen molar-refractivity contribution in [2.75, 3.05) is 6.61 Å². The number of hydrogen-bond acceptors (Lipinski definition) is 2. The van der Waals surface area contributed by atoms with Crippen molar-refractivity contribution in [2.45, 2.75) is 12.5 Å². The molecule has 3 rings (SSSR count). The van der Waals surface area contributed by atoms with E-state index in [1.807, 2.05) is 43.3 Å². The highest BCUT2D eigenvalue weighted by atomic mass is 16.5. The highest BCUT2D eigenvalue weighted by molar-refractivity contribution is 6.00. The number of hydrogen-bond donors (Lipinski definition) is 0. The van der Waals surface area contributed by atoms with Crippen LogP contribution in [0.25, 0.3) is 11.1 Å². The first kappa shape index (κ1) is 16.0. The fourth-order valence-corrected chi connectivity index (χ4v) is 2.49. The van der Waals surface area contributed by atoms with Crippen LogP contribution in [0.4, 0.5) is 0 Å². The second kappa shape index (κ2) is 7.12. The zero-order valence-corrected chi connectivity index (χ0v) is 13.5. The lowest BCUT2D eigenvalue weighted by molar-refractivity contribution is -0.110. The molecule has 0 spiro atoms. The summed E-state index contributed by atoms with van der Waals surface area (Å²) in [6, 6.07) is 18.3. The summed E-state index contributed by atoms with van der Waals surface area (Å²) in [5.41, 5.74) is 2.66. The van der Waals surface area contributed by atoms with Crippen LogP contribution in [0.15, 0.2) is 78.9 Å². The van der Waals surface area contributed by atoms with Gasteiger partial charge in [0.25, 0.3) is 0 Å². The Morgan fingerprint density at radius 3 is 2.38 bits per heavy atom. The van der Waals surface area contributed by atoms with Gasteiger partial charge in [0.15, 0.2) is 5.78 Å². The monoisotopic (exact) mass is 314 g/mol. The first-order valence-electron chi connectivity index (χ1n) is 7.86. The smallest absolute Gasteiger partial charge is 0.178 e. The minimum atomic E-state index is -0.568. The van der Waals surface area contributed by atoms with Crippen LogP contribution >= 0.6 is 0 Å². The van der Waals surface area contributed by atoms with Crippen LogP contribution in [0.1, 0.15) is 12.5 Å². The summed E-state index contributed by atoms with van der Waals surface area (Å²) in [6.45, 7) is 2.20. The van der Waals surface area contributed by atoms with E-state index in [4.69, 9.17) is 4.74 Å². The largest absolute Gasteiger partial charge is 0.354 e. The molecular weight excluding hydrogens is 296 g/mol. The molecule has 0 unspecified atom stereocenters. The van der Waals surface area contributed by atoms with E-state index >= 15 is 0 Å². The van der Waals surface area contributed by atoms with Crippen molar-refractivity contribution in [2.24, 2.45) is 0 Å². The second-order valence-electron chi connectivity index (χ2n) is 5.75. The summed E-state index contributed by atoms with van der Waals surface area (Å²) in [4.78, 5) is 11.2. The van der Waals surface area contributed by atoms with E-state index in [0.717, 1.165) is 16.7 Å². The molecule has 118 valence electrons. The Balaban J connectivity index is 1.72. The predicted octanol–water partition coefficient (Wildman–Crippen LogP) is 4.18. The maximum absolute atomic E-state index is 11.2. The summed E-state index contributed by atoms with van der Waals surface area (Å²) in [7, 11) is 0. The Kier molecular flexibility index (Phi) is 4.74. The third-order valence-electron chi connectivity index (χ3n) is 3.85. The summed E-state index contributed by atoms with van der Waals surface area (Å²) < 4.78 is 5.79. The van der Waals surface area contributed by atoms with Crippen LogP contribution < -0.4 is 0 Å². The molecule has 0 fully saturated rings. The average Bonchev–Trinajstić information content (AvgIpc) is 2.63. The molecule has 1 aliphatic carbocycles. The zero-order chi connectivity index (χ0) is 16.8. The molecule has 2 nitrogen and oxygen atoms in total. The maximum Gasteiger partial charge on any atom is 0.178 e. The van der Waals surface area contributed by atoms with Gasteiger partial charge in [-0.1, -0.05) is 60.4 Å². The van der Waals surface area contributed by atoms with Gasteiger partial charge >= 0.3 is 0 Å². The Morgan fingerprint density at radius 2 is 1.62 bits per heavy atom. The molecular formula is C22H18O2. The van der Waals surface area contributed by atoms with Crippen molar-refractivity contribution in [3.8, 4) is 23.0 Å². The van der Waals surface area contributed by atoms with Crippen molar-refractivity contribution < 1.29 is 9.53 Å². The SMILES string of the molecule is CC1(OCC#Cc2ccccc2-c2ccccc2)C=CC(=O)C=C1. The van der Waals surface area contributed by atoms with E-state index in [2.05, 4.69) is 30.0 Å². The standard InChI is InChI=1S/C22H18O2/c1-22(15-13-20(23)14-16-22)24-17-7-11-19-10-5-6-12-21(19)18-8-3-2-4-9-18/h2-6,8-10,12-16H,17H2,1H3. The molecule has 0 bridgehead atoms. The number of benzene rings is 2. The van der Waals surface area contributed by atoms with Gasteiger partial charge in [-0.2, -0.15) is 0 Å². The molecule has 0 saturated heterocycles. The van der Waals surface area contributed by atoms with E-state index in [1.54, 1.807) is 12.2 Å². The molecule has 0 radical (unpaired) electrons. The fraction of sp³-hybridized carbons (Fsp3) is 0.136. The molecule has 2 heteroatoms. The lowest BCUT2D eigenvalue weighted by atomic mass is 9.99. The Morgan fingerprint density at radius 1 is 0.958 bits per heavy atom. The number of carbonyl (C=O) groups excluding carboxylic acids is 1. The molecule has 0 saturated carbocycles. The van der Waals surface area contributed by atoms with E-state index in [1.165, 1.54) is 12.2 Å². The fourth-order valence-electron chi connectivity index (χ4n) is 2.49. The number of ketones is 1. The second-order valence-corrected chi connectivity index (χ2v) is 5.75. The van der Waals surface area contributed by atoms with E-state index in [0.29, 0.717) is 6.61 Å². The highest BCUT2D eigenvalue weighted by Gasteiger charge is 2.20. The molecule has 0 atom stereocenters. The van der Waals surface area contributed by atoms with Crippen LogP contribution in [0.2, 0.25) is 0 Å². The van der Waals surface area contributed by atoms with Gasteiger partial charge in [0.2, 0.25) is 0 Å². The van der Waals surface area contributed by atoms with Crippen molar-refractivity contribution in [1.29, 1.82) is 0 Å². The van der Waals surface area contributed by atoms with Crippen LogP contribution in [0.3, 0.4) is 0 Å². The lowest BCUT2D eigenvalue weighted by Gasteiger charge is -2.22. The quantitative estimate of drug-likeness (QED) is 0.795. The third-order valence-corrected chi connectivity index (χ3v) is 3.85. The molecule has 0 amide bonds. The van der Waals surface area contributed by atoms with Crippen molar-refractivity contribution in [1.82, 2.24) is 0 Å². The Labute approximate surface area is 142 Å². The summed E-state index contributed by atoms with van der Waals surface area (Å²) in [5, 5.41) is 0. The number of carbonyl (C=O) groups is 1. The number of allylic oxidation sites excluding steroid dienone is 2. The normalized spacial score (nSPS) is 15.0. The number of ether oxygens (including phenoxy) is 1. The molecule has 2 aromatic carbocycles. The highest BCUT2D eigenvalue weighted by Crippen LogP contribution is 2.22. The molecule has 0 aliphatic heterocycles. The van der Waals surface area contributed by atoms with Gasteiger partial charge in [0.05, 0.1) is 0 Å². The zero-order valence-electron chi connectivity index (χ0n) is 13.5. The third kappa shape index (κ3) is 3.90. The van der Waals surface area contributed by atoms with Gasteiger partial charge in [-0.15, -0.1) is 0 Å². The van der Waals surface area contributed by atoms with Crippen LogP contribution in [-0.2, 0) is 9.53 Å². The van der Waals surface area contributed by atoms with Crippen molar-refractivity contribution >= 4 is 5.78 Å². The van der Waals surface area contributed by atoms with E-state index in [9.17, 15) is 4.79 Å². The topological polar surface area (TPSA) is 26.3 Å². The Bertz CT molecular complexity index is 832. The van der Waals surface area contributed by atoms with Gasteiger partial charge in [-0.25, -0.2) is 0 Å². The predicted molar refractivity (Wildman–Crippen MR) is 96.4 cm³/mol. The van der Waals surface area contributed by atoms with Crippen molar-refractivity contribution in [3.63, 3.8) is 0 Å². The number of rotatable bonds is 3. The van der Waals surface area contributed by atoms with Gasteiger partial charge < -0.3 is 4.74 Å². The molecule has 0 heterocycles. The molecule has 0 N–H and O–H groups in total. The van der Waals surface area contributed by atoms with Gasteiger partial charge in [0.1, 0.15) is 12.2 Å². The Hall–Kier alpha value is -2.89. The van der Waals surface area contributed by atoms with Gasteiger partial charge in [-0.05, 0) is 48.4 Å². The molecule has 2 aromatic rings. The van der Waals surface area contributed by atoms with Crippen LogP contribution in [0, 0.1) is 11.8 Å². The average molecular weight is 314 g/mol. The summed E-state index contributed by atoms with van der Waals surface area (Å²) >= 11 is 0. The van der Waals surface area contributed by atoms with E-state index in [-0.39, 0.29) is 5.78 Å². The molecule has 1 aliphatic rings. The van der Waals surface area contributed by atoms with Crippen LogP contribution in [0.5, 0.6) is 0 Å². The van der Waals surface area contributed by atoms with Crippen LogP contribution in [-0.4, -0.2) is 18.0 Å². The minimum Gasteiger partial charge on any atom is -0.354 e. The maximum atomic E-state index is 11.2. The van der Waals surface area contributed by atoms with Gasteiger partial charge in [-0.3, -0.25) is 4.79 Å². The van der Waals surface area contributed by atoms with Crippen molar-refractivity contribution in [3.05, 3.63) is 84.5 Å². The van der Waals surface area contributed by atoms with E-state index < -0.39 is 5.60 Å². The lowest BCUT2D eigenvalue weighted by Crippen LogP contribution is -2.26.